The Morgan fingerprint density at radius 1 is 0.816 bits per heavy atom. The maximum absolute atomic E-state index is 11.7. The molecule has 0 saturated carbocycles. The summed E-state index contributed by atoms with van der Waals surface area (Å²) >= 11 is 0. The molecule has 1 N–H and O–H groups in total. The molecule has 0 atom stereocenters. The van der Waals surface area contributed by atoms with Gasteiger partial charge in [0.2, 0.25) is 0 Å². The van der Waals surface area contributed by atoms with Crippen LogP contribution in [-0.4, -0.2) is 15.9 Å². The Morgan fingerprint density at radius 3 is 2.02 bits per heavy atom. The summed E-state index contributed by atoms with van der Waals surface area (Å²) in [5, 5.41) is 12.2. The summed E-state index contributed by atoms with van der Waals surface area (Å²) in [5.41, 5.74) is 10.5. The first kappa shape index (κ1) is 40.4. The molecule has 0 bridgehead atoms. The van der Waals surface area contributed by atoms with Crippen LogP contribution in [0, 0.1) is 31.7 Å². The second-order valence-electron chi connectivity index (χ2n) is 15.2. The minimum atomic E-state index is 0. The van der Waals surface area contributed by atoms with Crippen molar-refractivity contribution in [2.75, 3.05) is 0 Å². The second kappa shape index (κ2) is 17.2. The van der Waals surface area contributed by atoms with Crippen LogP contribution in [0.1, 0.15) is 123 Å². The number of benzene rings is 3. The van der Waals surface area contributed by atoms with E-state index in [1.165, 1.54) is 63.9 Å². The fraction of sp³-hybridized carbons (Fsp3) is 0.467. The fourth-order valence-corrected chi connectivity index (χ4v) is 7.49. The maximum Gasteiger partial charge on any atom is 0.162 e. The summed E-state index contributed by atoms with van der Waals surface area (Å²) in [6.07, 6.45) is 10.6. The molecule has 4 aromatic rings. The zero-order valence-electron chi connectivity index (χ0n) is 31.6. The number of nitrogens with zero attached hydrogens (tertiary/aromatic N) is 1. The first-order valence-corrected chi connectivity index (χ1v) is 18.2. The number of hydrogen-bond acceptors (Lipinski definition) is 3. The van der Waals surface area contributed by atoms with Crippen molar-refractivity contribution in [3.8, 4) is 22.4 Å². The van der Waals surface area contributed by atoms with Crippen LogP contribution in [0.4, 0.5) is 0 Å². The number of ketones is 1. The number of carbonyl (C=O) groups is 1. The van der Waals surface area contributed by atoms with E-state index in [0.717, 1.165) is 42.5 Å². The molecule has 3 aromatic carbocycles. The van der Waals surface area contributed by atoms with E-state index >= 15 is 0 Å². The molecule has 1 aliphatic rings. The topological polar surface area (TPSA) is 50.2 Å². The molecule has 0 amide bonds. The predicted octanol–water partition coefficient (Wildman–Crippen LogP) is 12.6. The summed E-state index contributed by atoms with van der Waals surface area (Å²) in [6.45, 7) is 21.9. The van der Waals surface area contributed by atoms with Gasteiger partial charge in [-0.25, -0.2) is 0 Å². The van der Waals surface area contributed by atoms with Gasteiger partial charge < -0.3 is 10.1 Å². The van der Waals surface area contributed by atoms with Crippen molar-refractivity contribution in [2.45, 2.75) is 125 Å². The number of hydrogen-bond donors (Lipinski definition) is 1. The molecule has 3 nitrogen and oxygen atoms in total. The number of carbonyl (C=O) groups excluding carboxylic acids is 1. The minimum Gasteiger partial charge on any atom is -0.512 e. The fourth-order valence-electron chi connectivity index (χ4n) is 7.49. The van der Waals surface area contributed by atoms with Gasteiger partial charge in [-0.15, -0.1) is 34.9 Å². The molecule has 0 aliphatic heterocycles. The largest absolute Gasteiger partial charge is 0.512 e. The van der Waals surface area contributed by atoms with Crippen molar-refractivity contribution >= 4 is 16.6 Å². The van der Waals surface area contributed by atoms with E-state index in [0.29, 0.717) is 0 Å². The molecule has 49 heavy (non-hydrogen) atoms. The first-order chi connectivity index (χ1) is 22.7. The summed E-state index contributed by atoms with van der Waals surface area (Å²) in [6, 6.07) is 24.0. The Hall–Kier alpha value is -3.07. The number of pyridine rings is 1. The molecule has 0 unspecified atom stereocenters. The van der Waals surface area contributed by atoms with E-state index in [1.54, 1.807) is 0 Å². The molecular weight excluding hydrogens is 779 g/mol. The van der Waals surface area contributed by atoms with E-state index in [2.05, 4.69) is 102 Å². The molecule has 0 spiro atoms. The van der Waals surface area contributed by atoms with E-state index in [1.807, 2.05) is 33.9 Å². The van der Waals surface area contributed by atoms with Gasteiger partial charge in [-0.05, 0) is 100 Å². The molecule has 1 aromatic heterocycles. The van der Waals surface area contributed by atoms with Gasteiger partial charge in [-0.3, -0.25) is 4.79 Å². The predicted molar refractivity (Wildman–Crippen MR) is 205 cm³/mol. The first-order valence-electron chi connectivity index (χ1n) is 18.2. The van der Waals surface area contributed by atoms with Crippen molar-refractivity contribution in [1.82, 2.24) is 4.98 Å². The average Bonchev–Trinajstić information content (AvgIpc) is 3.13. The molecule has 5 rings (SSSR count). The molecule has 1 aliphatic carbocycles. The zero-order valence-corrected chi connectivity index (χ0v) is 34.0. The van der Waals surface area contributed by atoms with Gasteiger partial charge in [0.15, 0.2) is 5.78 Å². The van der Waals surface area contributed by atoms with Gasteiger partial charge in [-0.1, -0.05) is 106 Å². The van der Waals surface area contributed by atoms with Gasteiger partial charge in [0, 0.05) is 44.2 Å². The number of fused-ring (bicyclic) bond motifs is 2. The maximum atomic E-state index is 11.7. The molecule has 265 valence electrons. The number of allylic oxidation sites excluding steroid dienone is 2. The van der Waals surface area contributed by atoms with Gasteiger partial charge in [0.05, 0.1) is 5.76 Å². The van der Waals surface area contributed by atoms with Crippen molar-refractivity contribution < 1.29 is 30.0 Å². The minimum absolute atomic E-state index is 0. The smallest absolute Gasteiger partial charge is 0.162 e. The zero-order chi connectivity index (χ0) is 35.2. The third-order valence-electron chi connectivity index (χ3n) is 10.7. The van der Waals surface area contributed by atoms with Crippen LogP contribution in [-0.2, 0) is 35.7 Å². The quantitative estimate of drug-likeness (QED) is 0.0791. The molecule has 1 radical (unpaired) electrons. The van der Waals surface area contributed by atoms with Gasteiger partial charge >= 0.3 is 0 Å². The van der Waals surface area contributed by atoms with Crippen LogP contribution in [0.5, 0.6) is 0 Å². The van der Waals surface area contributed by atoms with Gasteiger partial charge in [0.1, 0.15) is 0 Å². The van der Waals surface area contributed by atoms with Crippen molar-refractivity contribution in [3.05, 3.63) is 101 Å². The summed E-state index contributed by atoms with van der Waals surface area (Å²) < 4.78 is 0. The number of rotatable bonds is 9. The standard InChI is InChI=1S/C32H34N.C13H24O2.Ir/c1-21-16-22(2)18-26(17-21)30-27-10-8-23(19-25(27)12-15-33-30)24-9-11-28-29(20-24)32(5,6)14-7-13-31(28,3)4;1-5-10(6-2)12(14)9-13(15)11(7-3)8-4;/h8-12,15-17,19-20H,7,13-14H2,1-6H3;9-11,14H,5-8H2,1-4H3;/q-1;;/b;12-9-;. The summed E-state index contributed by atoms with van der Waals surface area (Å²) in [7, 11) is 0. The Bertz CT molecular complexity index is 1740. The van der Waals surface area contributed by atoms with Crippen molar-refractivity contribution in [3.63, 3.8) is 0 Å². The van der Waals surface area contributed by atoms with Crippen LogP contribution in [0.2, 0.25) is 0 Å². The van der Waals surface area contributed by atoms with Crippen LogP contribution in [0.15, 0.2) is 72.6 Å². The Morgan fingerprint density at radius 2 is 1.41 bits per heavy atom. The average molecular weight is 837 g/mol. The third kappa shape index (κ3) is 9.59. The number of aromatic nitrogens is 1. The Labute approximate surface area is 310 Å². The molecular formula is C45H58IrNO2-. The van der Waals surface area contributed by atoms with Crippen molar-refractivity contribution in [1.29, 1.82) is 0 Å². The van der Waals surface area contributed by atoms with Crippen LogP contribution in [0.25, 0.3) is 33.2 Å². The SMILES string of the molecule is CCC(CC)C(=O)/C=C(\O)C(CC)CC.Cc1[c-]c(-c2nccc3cc(-c4ccc5c(c4)C(C)(C)CCCC5(C)C)ccc23)cc(C)c1.[Ir]. The van der Waals surface area contributed by atoms with E-state index in [9.17, 15) is 9.90 Å². The second-order valence-corrected chi connectivity index (χ2v) is 15.2. The van der Waals surface area contributed by atoms with Gasteiger partial charge in [0.25, 0.3) is 0 Å². The third-order valence-corrected chi connectivity index (χ3v) is 10.7. The van der Waals surface area contributed by atoms with Crippen LogP contribution < -0.4 is 0 Å². The number of aliphatic hydroxyl groups excluding tert-OH is 1. The Balaban J connectivity index is 0.000000347. The molecule has 1 heterocycles. The van der Waals surface area contributed by atoms with Gasteiger partial charge in [-0.2, -0.15) is 0 Å². The molecule has 4 heteroatoms. The normalized spacial score (nSPS) is 15.2. The van der Waals surface area contributed by atoms with Crippen LogP contribution >= 0.6 is 0 Å². The molecule has 0 saturated heterocycles. The number of aryl methyl sites for hydroxylation is 2. The van der Waals surface area contributed by atoms with Crippen LogP contribution in [0.3, 0.4) is 0 Å². The summed E-state index contributed by atoms with van der Waals surface area (Å²) in [5.74, 6) is 0.547. The van der Waals surface area contributed by atoms with Crippen molar-refractivity contribution in [2.24, 2.45) is 11.8 Å². The monoisotopic (exact) mass is 837 g/mol. The van der Waals surface area contributed by atoms with E-state index in [4.69, 9.17) is 4.98 Å². The Kier molecular flexibility index (Phi) is 14.2. The molecule has 0 fully saturated rings. The van der Waals surface area contributed by atoms with E-state index in [-0.39, 0.29) is 54.3 Å². The summed E-state index contributed by atoms with van der Waals surface area (Å²) in [4.78, 5) is 16.4. The number of aliphatic hydroxyl groups is 1. The van der Waals surface area contributed by atoms with E-state index < -0.39 is 0 Å².